The number of aromatic nitrogens is 4. The summed E-state index contributed by atoms with van der Waals surface area (Å²) < 4.78 is 10.3. The molecule has 6 nitrogen and oxygen atoms in total. The molecule has 0 amide bonds. The molecule has 0 fully saturated rings. The second-order valence-corrected chi connectivity index (χ2v) is 9.48. The summed E-state index contributed by atoms with van der Waals surface area (Å²) in [5.74, 6) is -0.401. The minimum Gasteiger partial charge on any atom is -0.461 e. The number of carbonyl (C=O) groups is 1. The highest BCUT2D eigenvalue weighted by Crippen LogP contribution is 2.39. The third-order valence-corrected chi connectivity index (χ3v) is 7.19. The standard InChI is InChI=1S/C24H25IN4O2S/c1-5-31-24(30)20-7-6-8-22(27-20)32-23-16(4)29(18-13-26-28(14-18)15(2)3)21-11-17(12-25)9-10-19(21)23/h6-11,13-15H,5,12H2,1-4H3. The third-order valence-electron chi connectivity index (χ3n) is 5.16. The molecular formula is C24H25IN4O2S. The molecule has 3 heterocycles. The maximum absolute atomic E-state index is 12.1. The number of benzene rings is 1. The van der Waals surface area contributed by atoms with E-state index < -0.39 is 5.97 Å². The smallest absolute Gasteiger partial charge is 0.356 e. The van der Waals surface area contributed by atoms with Gasteiger partial charge in [-0.25, -0.2) is 9.78 Å². The highest BCUT2D eigenvalue weighted by molar-refractivity contribution is 14.1. The molecule has 0 bridgehead atoms. The molecule has 8 heteroatoms. The number of hydrogen-bond acceptors (Lipinski definition) is 5. The number of halogens is 1. The van der Waals surface area contributed by atoms with E-state index in [1.54, 1.807) is 24.8 Å². The Balaban J connectivity index is 1.83. The first-order chi connectivity index (χ1) is 15.4. The Hall–Kier alpha value is -2.33. The highest BCUT2D eigenvalue weighted by Gasteiger charge is 2.19. The number of pyridine rings is 1. The van der Waals surface area contributed by atoms with Crippen LogP contribution >= 0.6 is 34.4 Å². The van der Waals surface area contributed by atoms with E-state index >= 15 is 0 Å². The van der Waals surface area contributed by atoms with E-state index in [0.29, 0.717) is 18.3 Å². The summed E-state index contributed by atoms with van der Waals surface area (Å²) >= 11 is 3.96. The topological polar surface area (TPSA) is 61.9 Å². The van der Waals surface area contributed by atoms with Gasteiger partial charge in [0, 0.05) is 32.6 Å². The lowest BCUT2D eigenvalue weighted by Crippen LogP contribution is -2.07. The van der Waals surface area contributed by atoms with E-state index in [0.717, 1.165) is 36.6 Å². The van der Waals surface area contributed by atoms with Crippen molar-refractivity contribution in [2.45, 2.75) is 48.1 Å². The summed E-state index contributed by atoms with van der Waals surface area (Å²) in [4.78, 5) is 17.8. The normalized spacial score (nSPS) is 11.4. The Morgan fingerprint density at radius 1 is 1.25 bits per heavy atom. The lowest BCUT2D eigenvalue weighted by Gasteiger charge is -2.07. The first-order valence-corrected chi connectivity index (χ1v) is 12.8. The SMILES string of the molecule is CCOC(=O)c1cccc(Sc2c(C)n(-c3cnn(C(C)C)c3)c3cc(CI)ccc23)n1. The van der Waals surface area contributed by atoms with Crippen LogP contribution < -0.4 is 0 Å². The fourth-order valence-corrected chi connectivity index (χ4v) is 5.09. The number of ether oxygens (including phenoxy) is 1. The second kappa shape index (κ2) is 9.66. The molecule has 0 aliphatic carbocycles. The molecule has 0 saturated heterocycles. The van der Waals surface area contributed by atoms with Crippen LogP contribution in [0.15, 0.2) is 58.7 Å². The summed E-state index contributed by atoms with van der Waals surface area (Å²) in [7, 11) is 0. The van der Waals surface area contributed by atoms with Crippen LogP contribution in [0.1, 0.15) is 48.6 Å². The van der Waals surface area contributed by atoms with Gasteiger partial charge >= 0.3 is 5.97 Å². The Bertz CT molecular complexity index is 1280. The first-order valence-electron chi connectivity index (χ1n) is 10.5. The molecule has 0 saturated carbocycles. The monoisotopic (exact) mass is 560 g/mol. The zero-order valence-corrected chi connectivity index (χ0v) is 21.5. The summed E-state index contributed by atoms with van der Waals surface area (Å²) in [6.07, 6.45) is 4.00. The van der Waals surface area contributed by atoms with Crippen molar-refractivity contribution in [1.82, 2.24) is 19.3 Å². The van der Waals surface area contributed by atoms with Crippen LogP contribution in [-0.4, -0.2) is 31.9 Å². The van der Waals surface area contributed by atoms with E-state index in [1.165, 1.54) is 5.56 Å². The molecular weight excluding hydrogens is 535 g/mol. The van der Waals surface area contributed by atoms with Gasteiger partial charge in [-0.15, -0.1) is 0 Å². The number of nitrogens with zero attached hydrogens (tertiary/aromatic N) is 4. The third kappa shape index (κ3) is 4.43. The number of alkyl halides is 1. The van der Waals surface area contributed by atoms with Gasteiger partial charge in [0.25, 0.3) is 0 Å². The van der Waals surface area contributed by atoms with Crippen molar-refractivity contribution < 1.29 is 9.53 Å². The predicted octanol–water partition coefficient (Wildman–Crippen LogP) is 6.37. The molecule has 0 unspecified atom stereocenters. The molecule has 3 aromatic heterocycles. The zero-order valence-electron chi connectivity index (χ0n) is 18.5. The van der Waals surface area contributed by atoms with Gasteiger partial charge in [-0.05, 0) is 51.5 Å². The summed E-state index contributed by atoms with van der Waals surface area (Å²) in [6, 6.07) is 12.3. The first kappa shape index (κ1) is 22.8. The van der Waals surface area contributed by atoms with Gasteiger partial charge in [0.15, 0.2) is 0 Å². The molecule has 4 rings (SSSR count). The van der Waals surface area contributed by atoms with E-state index in [1.807, 2.05) is 23.0 Å². The molecule has 0 spiro atoms. The largest absolute Gasteiger partial charge is 0.461 e. The maximum atomic E-state index is 12.1. The summed E-state index contributed by atoms with van der Waals surface area (Å²) in [6.45, 7) is 8.48. The summed E-state index contributed by atoms with van der Waals surface area (Å²) in [5.41, 5.74) is 4.88. The van der Waals surface area contributed by atoms with Crippen molar-refractivity contribution >= 4 is 51.2 Å². The fourth-order valence-electron chi connectivity index (χ4n) is 3.60. The van der Waals surface area contributed by atoms with Crippen LogP contribution in [0.2, 0.25) is 0 Å². The lowest BCUT2D eigenvalue weighted by molar-refractivity contribution is 0.0518. The molecule has 166 valence electrons. The zero-order chi connectivity index (χ0) is 22.8. The van der Waals surface area contributed by atoms with Crippen LogP contribution in [-0.2, 0) is 9.16 Å². The van der Waals surface area contributed by atoms with Crippen molar-refractivity contribution in [3.63, 3.8) is 0 Å². The van der Waals surface area contributed by atoms with Crippen LogP contribution in [0.5, 0.6) is 0 Å². The number of hydrogen-bond donors (Lipinski definition) is 0. The minimum atomic E-state index is -0.401. The average molecular weight is 560 g/mol. The van der Waals surface area contributed by atoms with Gasteiger partial charge in [-0.1, -0.05) is 52.6 Å². The molecule has 4 aromatic rings. The van der Waals surface area contributed by atoms with Crippen molar-refractivity contribution in [2.75, 3.05) is 6.61 Å². The van der Waals surface area contributed by atoms with Gasteiger partial charge in [-0.2, -0.15) is 5.10 Å². The lowest BCUT2D eigenvalue weighted by atomic mass is 10.2. The second-order valence-electron chi connectivity index (χ2n) is 7.69. The molecule has 0 atom stereocenters. The predicted molar refractivity (Wildman–Crippen MR) is 136 cm³/mol. The van der Waals surface area contributed by atoms with Crippen LogP contribution in [0.4, 0.5) is 0 Å². The highest BCUT2D eigenvalue weighted by atomic mass is 127. The van der Waals surface area contributed by atoms with Gasteiger partial charge < -0.3 is 9.30 Å². The van der Waals surface area contributed by atoms with Crippen molar-refractivity contribution in [3.05, 3.63) is 65.7 Å². The van der Waals surface area contributed by atoms with Crippen LogP contribution in [0.3, 0.4) is 0 Å². The molecule has 0 aliphatic rings. The Morgan fingerprint density at radius 3 is 2.75 bits per heavy atom. The molecule has 0 radical (unpaired) electrons. The Kier molecular flexibility index (Phi) is 6.90. The Morgan fingerprint density at radius 2 is 2.06 bits per heavy atom. The number of fused-ring (bicyclic) bond motifs is 1. The molecule has 32 heavy (non-hydrogen) atoms. The van der Waals surface area contributed by atoms with Crippen molar-refractivity contribution in [3.8, 4) is 5.69 Å². The van der Waals surface area contributed by atoms with E-state index in [4.69, 9.17) is 4.74 Å². The van der Waals surface area contributed by atoms with Gasteiger partial charge in [0.05, 0.1) is 24.0 Å². The maximum Gasteiger partial charge on any atom is 0.356 e. The number of rotatable bonds is 7. The van der Waals surface area contributed by atoms with Gasteiger partial charge in [-0.3, -0.25) is 4.68 Å². The minimum absolute atomic E-state index is 0.291. The molecule has 0 aliphatic heterocycles. The average Bonchev–Trinajstić information content (AvgIpc) is 3.37. The Labute approximate surface area is 205 Å². The van der Waals surface area contributed by atoms with Gasteiger partial charge in [0.2, 0.25) is 0 Å². The quantitative estimate of drug-likeness (QED) is 0.149. The van der Waals surface area contributed by atoms with Gasteiger partial charge in [0.1, 0.15) is 10.7 Å². The van der Waals surface area contributed by atoms with Crippen LogP contribution in [0, 0.1) is 6.92 Å². The number of esters is 1. The fraction of sp³-hybridized carbons (Fsp3) is 0.292. The van der Waals surface area contributed by atoms with Crippen molar-refractivity contribution in [1.29, 1.82) is 0 Å². The van der Waals surface area contributed by atoms with E-state index in [9.17, 15) is 4.79 Å². The summed E-state index contributed by atoms with van der Waals surface area (Å²) in [5, 5.41) is 6.46. The molecule has 0 N–H and O–H groups in total. The number of carbonyl (C=O) groups excluding carboxylic acids is 1. The van der Waals surface area contributed by atoms with E-state index in [2.05, 4.69) is 82.4 Å². The van der Waals surface area contributed by atoms with E-state index in [-0.39, 0.29) is 0 Å². The van der Waals surface area contributed by atoms with Crippen LogP contribution in [0.25, 0.3) is 16.6 Å². The molecule has 1 aromatic carbocycles. The van der Waals surface area contributed by atoms with Crippen molar-refractivity contribution in [2.24, 2.45) is 0 Å².